The predicted molar refractivity (Wildman–Crippen MR) is 88.7 cm³/mol. The average molecular weight is 289 g/mol. The Morgan fingerprint density at radius 1 is 1.20 bits per heavy atom. The van der Waals surface area contributed by atoms with Crippen LogP contribution in [-0.4, -0.2) is 10.8 Å². The minimum absolute atomic E-state index is 0.587. The zero-order valence-corrected chi connectivity index (χ0v) is 12.9. The summed E-state index contributed by atoms with van der Waals surface area (Å²) in [4.78, 5) is 0. The fraction of sp³-hybridized carbons (Fsp3) is 0.500. The van der Waals surface area contributed by atoms with Crippen LogP contribution in [0.25, 0.3) is 0 Å². The normalized spacial score (nSPS) is 16.8. The van der Waals surface area contributed by atoms with Crippen molar-refractivity contribution >= 4 is 23.0 Å². The van der Waals surface area contributed by atoms with E-state index in [9.17, 15) is 0 Å². The van der Waals surface area contributed by atoms with E-state index < -0.39 is 0 Å². The third kappa shape index (κ3) is 4.93. The molecule has 2 N–H and O–H groups in total. The van der Waals surface area contributed by atoms with E-state index in [4.69, 9.17) is 12.2 Å². The smallest absolute Gasteiger partial charge is 0.187 e. The fourth-order valence-corrected chi connectivity index (χ4v) is 2.69. The fourth-order valence-electron chi connectivity index (χ4n) is 2.57. The lowest BCUT2D eigenvalue weighted by molar-refractivity contribution is 0.437. The molecule has 0 atom stereocenters. The Kier molecular flexibility index (Phi) is 5.99. The lowest BCUT2D eigenvalue weighted by Gasteiger charge is -2.21. The maximum absolute atomic E-state index is 5.24. The number of hydrazone groups is 1. The maximum atomic E-state index is 5.24. The Labute approximate surface area is 126 Å². The Balaban J connectivity index is 1.73. The first kappa shape index (κ1) is 15.0. The summed E-state index contributed by atoms with van der Waals surface area (Å²) in [6.45, 7) is 2.83. The van der Waals surface area contributed by atoms with E-state index in [0.29, 0.717) is 11.0 Å². The quantitative estimate of drug-likeness (QED) is 0.505. The van der Waals surface area contributed by atoms with E-state index in [1.807, 2.05) is 18.2 Å². The summed E-state index contributed by atoms with van der Waals surface area (Å²) in [6.07, 6.45) is 6.55. The Hall–Kier alpha value is -1.42. The molecule has 4 heteroatoms. The highest BCUT2D eigenvalue weighted by Gasteiger charge is 2.15. The molecule has 1 aliphatic carbocycles. The third-order valence-electron chi connectivity index (χ3n) is 3.83. The summed E-state index contributed by atoms with van der Waals surface area (Å²) in [7, 11) is 0. The molecule has 2 rings (SSSR count). The van der Waals surface area contributed by atoms with Crippen LogP contribution in [0.5, 0.6) is 0 Å². The second-order valence-electron chi connectivity index (χ2n) is 5.37. The molecule has 0 amide bonds. The predicted octanol–water partition coefficient (Wildman–Crippen LogP) is 3.61. The summed E-state index contributed by atoms with van der Waals surface area (Å²) >= 11 is 5.24. The van der Waals surface area contributed by atoms with Gasteiger partial charge in [0, 0.05) is 12.3 Å². The lowest BCUT2D eigenvalue weighted by atomic mass is 9.86. The molecule has 0 saturated heterocycles. The minimum atomic E-state index is 0.587. The monoisotopic (exact) mass is 289 g/mol. The molecule has 1 saturated carbocycles. The number of benzene rings is 1. The molecule has 0 unspecified atom stereocenters. The molecule has 0 spiro atoms. The number of rotatable bonds is 4. The van der Waals surface area contributed by atoms with Gasteiger partial charge < -0.3 is 5.32 Å². The number of hydrogen-bond acceptors (Lipinski definition) is 2. The van der Waals surface area contributed by atoms with Gasteiger partial charge in [-0.1, -0.05) is 49.6 Å². The summed E-state index contributed by atoms with van der Waals surface area (Å²) in [5.41, 5.74) is 5.35. The molecule has 1 aromatic carbocycles. The molecule has 0 bridgehead atoms. The van der Waals surface area contributed by atoms with E-state index in [0.717, 1.165) is 6.54 Å². The first-order chi connectivity index (χ1) is 9.75. The van der Waals surface area contributed by atoms with Crippen molar-refractivity contribution in [3.8, 4) is 0 Å². The van der Waals surface area contributed by atoms with Gasteiger partial charge in [-0.05, 0) is 43.5 Å². The SMILES string of the molecule is CC(=NNC(=S)NCc1ccccc1)C1CCCCC1. The zero-order chi connectivity index (χ0) is 14.2. The van der Waals surface area contributed by atoms with Crippen molar-refractivity contribution in [3.63, 3.8) is 0 Å². The molecule has 3 nitrogen and oxygen atoms in total. The number of nitrogens with zero attached hydrogens (tertiary/aromatic N) is 1. The molecule has 108 valence electrons. The van der Waals surface area contributed by atoms with Crippen LogP contribution in [0.2, 0.25) is 0 Å². The second-order valence-corrected chi connectivity index (χ2v) is 5.78. The van der Waals surface area contributed by atoms with Gasteiger partial charge in [0.1, 0.15) is 0 Å². The number of thiocarbonyl (C=S) groups is 1. The summed E-state index contributed by atoms with van der Waals surface area (Å²) in [5.74, 6) is 0.633. The van der Waals surface area contributed by atoms with Gasteiger partial charge in [-0.25, -0.2) is 0 Å². The molecule has 1 aliphatic rings. The highest BCUT2D eigenvalue weighted by molar-refractivity contribution is 7.80. The molecule has 0 radical (unpaired) electrons. The van der Waals surface area contributed by atoms with E-state index >= 15 is 0 Å². The van der Waals surface area contributed by atoms with Crippen LogP contribution in [0, 0.1) is 5.92 Å². The van der Waals surface area contributed by atoms with E-state index in [-0.39, 0.29) is 0 Å². The van der Waals surface area contributed by atoms with Crippen molar-refractivity contribution in [2.24, 2.45) is 11.0 Å². The topological polar surface area (TPSA) is 36.4 Å². The Morgan fingerprint density at radius 3 is 2.60 bits per heavy atom. The van der Waals surface area contributed by atoms with Crippen molar-refractivity contribution < 1.29 is 0 Å². The van der Waals surface area contributed by atoms with Crippen molar-refractivity contribution in [1.82, 2.24) is 10.7 Å². The van der Waals surface area contributed by atoms with Gasteiger partial charge in [0.2, 0.25) is 0 Å². The van der Waals surface area contributed by atoms with Crippen LogP contribution < -0.4 is 10.7 Å². The van der Waals surface area contributed by atoms with Crippen LogP contribution in [0.15, 0.2) is 35.4 Å². The van der Waals surface area contributed by atoms with Crippen LogP contribution in [0.1, 0.15) is 44.6 Å². The van der Waals surface area contributed by atoms with Gasteiger partial charge >= 0.3 is 0 Å². The average Bonchev–Trinajstić information content (AvgIpc) is 2.52. The molecule has 1 fully saturated rings. The van der Waals surface area contributed by atoms with Gasteiger partial charge in [-0.3, -0.25) is 5.43 Å². The van der Waals surface area contributed by atoms with Gasteiger partial charge in [0.25, 0.3) is 0 Å². The molecule has 20 heavy (non-hydrogen) atoms. The molecular formula is C16H23N3S. The molecule has 0 aliphatic heterocycles. The van der Waals surface area contributed by atoms with Crippen molar-refractivity contribution in [2.75, 3.05) is 0 Å². The van der Waals surface area contributed by atoms with Crippen molar-refractivity contribution in [3.05, 3.63) is 35.9 Å². The van der Waals surface area contributed by atoms with Gasteiger partial charge in [0.05, 0.1) is 0 Å². The molecule has 0 aromatic heterocycles. The largest absolute Gasteiger partial charge is 0.357 e. The third-order valence-corrected chi connectivity index (χ3v) is 4.06. The first-order valence-electron chi connectivity index (χ1n) is 7.37. The standard InChI is InChI=1S/C16H23N3S/c1-13(15-10-6-3-7-11-15)18-19-16(20)17-12-14-8-4-2-5-9-14/h2,4-5,8-9,15H,3,6-7,10-12H2,1H3,(H2,17,19,20). The Bertz CT molecular complexity index is 450. The molecule has 1 aromatic rings. The molecular weight excluding hydrogens is 266 g/mol. The van der Waals surface area contributed by atoms with Crippen LogP contribution in [0.4, 0.5) is 0 Å². The highest BCUT2D eigenvalue weighted by Crippen LogP contribution is 2.24. The second kappa shape index (κ2) is 8.00. The maximum Gasteiger partial charge on any atom is 0.187 e. The van der Waals surface area contributed by atoms with Crippen LogP contribution in [-0.2, 0) is 6.54 Å². The zero-order valence-electron chi connectivity index (χ0n) is 12.1. The van der Waals surface area contributed by atoms with Gasteiger partial charge in [0.15, 0.2) is 5.11 Å². The lowest BCUT2D eigenvalue weighted by Crippen LogP contribution is -2.32. The molecule has 0 heterocycles. The highest BCUT2D eigenvalue weighted by atomic mass is 32.1. The first-order valence-corrected chi connectivity index (χ1v) is 7.78. The van der Waals surface area contributed by atoms with Crippen LogP contribution >= 0.6 is 12.2 Å². The van der Waals surface area contributed by atoms with Gasteiger partial charge in [-0.15, -0.1) is 0 Å². The Morgan fingerprint density at radius 2 is 1.90 bits per heavy atom. The van der Waals surface area contributed by atoms with Crippen LogP contribution in [0.3, 0.4) is 0 Å². The summed E-state index contributed by atoms with van der Waals surface area (Å²) in [6, 6.07) is 10.2. The number of nitrogens with one attached hydrogen (secondary N) is 2. The summed E-state index contributed by atoms with van der Waals surface area (Å²) < 4.78 is 0. The summed E-state index contributed by atoms with van der Waals surface area (Å²) in [5, 5.41) is 8.18. The van der Waals surface area contributed by atoms with Crippen molar-refractivity contribution in [1.29, 1.82) is 0 Å². The van der Waals surface area contributed by atoms with E-state index in [1.54, 1.807) is 0 Å². The van der Waals surface area contributed by atoms with Crippen molar-refractivity contribution in [2.45, 2.75) is 45.6 Å². The minimum Gasteiger partial charge on any atom is -0.357 e. The van der Waals surface area contributed by atoms with E-state index in [2.05, 4.69) is 34.9 Å². The van der Waals surface area contributed by atoms with Gasteiger partial charge in [-0.2, -0.15) is 5.10 Å². The number of hydrogen-bond donors (Lipinski definition) is 2. The van der Waals surface area contributed by atoms with E-state index in [1.165, 1.54) is 43.4 Å².